The molecule has 272 valence electrons. The lowest BCUT2D eigenvalue weighted by Crippen LogP contribution is -1.95. The van der Waals surface area contributed by atoms with Crippen molar-refractivity contribution in [3.8, 4) is 72.9 Å². The third-order valence-electron chi connectivity index (χ3n) is 11.2. The molecule has 0 aliphatic heterocycles. The van der Waals surface area contributed by atoms with Gasteiger partial charge in [0.15, 0.2) is 0 Å². The molecule has 0 saturated carbocycles. The number of aromatic nitrogens is 2. The van der Waals surface area contributed by atoms with E-state index in [1.807, 2.05) is 12.1 Å². The highest BCUT2D eigenvalue weighted by atomic mass is 16.3. The Morgan fingerprint density at radius 1 is 0.345 bits per heavy atom. The summed E-state index contributed by atoms with van der Waals surface area (Å²) in [5.74, 6) is 0.882. The average Bonchev–Trinajstić information content (AvgIpc) is 3.87. The van der Waals surface area contributed by atoms with Gasteiger partial charge in [-0.25, -0.2) is 4.98 Å². The smallest absolute Gasteiger partial charge is 0.145 e. The van der Waals surface area contributed by atoms with Crippen LogP contribution in [0.4, 0.5) is 0 Å². The van der Waals surface area contributed by atoms with E-state index < -0.39 is 0 Å². The van der Waals surface area contributed by atoms with Crippen molar-refractivity contribution in [2.24, 2.45) is 0 Å². The van der Waals surface area contributed by atoms with Crippen molar-refractivity contribution in [1.29, 1.82) is 0 Å². The van der Waals surface area contributed by atoms with Crippen LogP contribution >= 0.6 is 0 Å². The Morgan fingerprint density at radius 3 is 1.47 bits per heavy atom. The minimum atomic E-state index is 0.882. The van der Waals surface area contributed by atoms with Gasteiger partial charge in [-0.3, -0.25) is 0 Å². The van der Waals surface area contributed by atoms with Crippen LogP contribution in [0.1, 0.15) is 0 Å². The fourth-order valence-corrected chi connectivity index (χ4v) is 8.44. The molecule has 11 aromatic rings. The van der Waals surface area contributed by atoms with E-state index in [2.05, 4.69) is 211 Å². The molecule has 0 radical (unpaired) electrons. The Labute approximate surface area is 336 Å². The van der Waals surface area contributed by atoms with Crippen molar-refractivity contribution in [1.82, 2.24) is 9.55 Å². The van der Waals surface area contributed by atoms with Crippen LogP contribution in [-0.2, 0) is 0 Å². The average molecular weight is 741 g/mol. The molecule has 0 atom stereocenters. The van der Waals surface area contributed by atoms with Gasteiger partial charge in [0.05, 0.1) is 27.8 Å². The van der Waals surface area contributed by atoms with Crippen LogP contribution in [-0.4, -0.2) is 9.55 Å². The Morgan fingerprint density at radius 2 is 0.828 bits per heavy atom. The number of rotatable bonds is 7. The van der Waals surface area contributed by atoms with Gasteiger partial charge in [-0.1, -0.05) is 176 Å². The molecule has 0 aliphatic carbocycles. The summed E-state index contributed by atoms with van der Waals surface area (Å²) in [6.45, 7) is 0. The molecule has 0 unspecified atom stereocenters. The highest BCUT2D eigenvalue weighted by Crippen LogP contribution is 2.46. The molecule has 3 nitrogen and oxygen atoms in total. The summed E-state index contributed by atoms with van der Waals surface area (Å²) in [5.41, 5.74) is 16.2. The van der Waals surface area contributed by atoms with E-state index in [-0.39, 0.29) is 0 Å². The lowest BCUT2D eigenvalue weighted by atomic mass is 9.97. The Hall–Kier alpha value is -7.75. The SMILES string of the molecule is c1ccc(-c2ccc(-c3cc(-c4ccccc4)nc(-c4ccc(-n5c6ccccc6c6c7oc(-c8ccccc8)c(-c8ccccc8)c7ccc65)cc4)c3)cc2)cc1. The molecule has 11 rings (SSSR count). The molecule has 0 bridgehead atoms. The molecule has 8 aromatic carbocycles. The van der Waals surface area contributed by atoms with Crippen LogP contribution in [0.5, 0.6) is 0 Å². The molecular formula is C55H36N2O. The quantitative estimate of drug-likeness (QED) is 0.163. The number of pyridine rings is 1. The summed E-state index contributed by atoms with van der Waals surface area (Å²) in [6.07, 6.45) is 0. The predicted molar refractivity (Wildman–Crippen MR) is 241 cm³/mol. The van der Waals surface area contributed by atoms with Crippen LogP contribution < -0.4 is 0 Å². The molecule has 58 heavy (non-hydrogen) atoms. The monoisotopic (exact) mass is 740 g/mol. The fourth-order valence-electron chi connectivity index (χ4n) is 8.44. The molecule has 3 aromatic heterocycles. The molecule has 3 heteroatoms. The zero-order valence-corrected chi connectivity index (χ0v) is 31.6. The van der Waals surface area contributed by atoms with Crippen LogP contribution in [0.15, 0.2) is 223 Å². The van der Waals surface area contributed by atoms with Crippen LogP contribution in [0.3, 0.4) is 0 Å². The summed E-state index contributed by atoms with van der Waals surface area (Å²) in [4.78, 5) is 5.23. The van der Waals surface area contributed by atoms with Gasteiger partial charge in [-0.15, -0.1) is 0 Å². The number of para-hydroxylation sites is 1. The standard InChI is InChI=1S/C55H36N2O/c1-5-15-37(16-6-1)38-25-27-39(28-26-38)44-35-48(40-17-7-2-8-18-40)56-49(36-44)41-29-31-45(32-30-41)57-50-24-14-13-23-46(50)53-51(57)34-33-47-52(42-19-9-3-10-20-42)54(58-55(47)53)43-21-11-4-12-22-43/h1-36H. The van der Waals surface area contributed by atoms with Crippen LogP contribution in [0.25, 0.3) is 106 Å². The second-order valence-electron chi connectivity index (χ2n) is 14.7. The number of hydrogen-bond donors (Lipinski definition) is 0. The van der Waals surface area contributed by atoms with E-state index in [1.165, 1.54) is 11.1 Å². The molecule has 0 amide bonds. The highest BCUT2D eigenvalue weighted by Gasteiger charge is 2.23. The zero-order valence-electron chi connectivity index (χ0n) is 31.6. The third-order valence-corrected chi connectivity index (χ3v) is 11.2. The Balaban J connectivity index is 1.04. The predicted octanol–water partition coefficient (Wildman–Crippen LogP) is 14.9. The van der Waals surface area contributed by atoms with E-state index in [4.69, 9.17) is 9.40 Å². The largest absolute Gasteiger partial charge is 0.455 e. The van der Waals surface area contributed by atoms with E-state index in [1.54, 1.807) is 0 Å². The van der Waals surface area contributed by atoms with E-state index in [9.17, 15) is 0 Å². The van der Waals surface area contributed by atoms with Crippen molar-refractivity contribution in [2.75, 3.05) is 0 Å². The van der Waals surface area contributed by atoms with Crippen molar-refractivity contribution in [2.45, 2.75) is 0 Å². The summed E-state index contributed by atoms with van der Waals surface area (Å²) in [6, 6.07) is 77.2. The minimum Gasteiger partial charge on any atom is -0.455 e. The molecule has 3 heterocycles. The highest BCUT2D eigenvalue weighted by molar-refractivity contribution is 6.22. The van der Waals surface area contributed by atoms with Gasteiger partial charge >= 0.3 is 0 Å². The lowest BCUT2D eigenvalue weighted by Gasteiger charge is -2.12. The number of furan rings is 1. The van der Waals surface area contributed by atoms with Crippen molar-refractivity contribution < 1.29 is 4.42 Å². The second-order valence-corrected chi connectivity index (χ2v) is 14.7. The van der Waals surface area contributed by atoms with Gasteiger partial charge in [-0.05, 0) is 70.3 Å². The second kappa shape index (κ2) is 14.1. The first kappa shape index (κ1) is 33.6. The maximum absolute atomic E-state index is 6.99. The fraction of sp³-hybridized carbons (Fsp3) is 0. The van der Waals surface area contributed by atoms with E-state index in [0.717, 1.165) is 94.6 Å². The first-order valence-corrected chi connectivity index (χ1v) is 19.7. The van der Waals surface area contributed by atoms with Gasteiger partial charge in [-0.2, -0.15) is 0 Å². The van der Waals surface area contributed by atoms with Crippen molar-refractivity contribution in [3.63, 3.8) is 0 Å². The van der Waals surface area contributed by atoms with Crippen molar-refractivity contribution in [3.05, 3.63) is 218 Å². The molecular weight excluding hydrogens is 705 g/mol. The van der Waals surface area contributed by atoms with Gasteiger partial charge < -0.3 is 8.98 Å². The zero-order chi connectivity index (χ0) is 38.4. The number of fused-ring (bicyclic) bond motifs is 5. The molecule has 0 saturated heterocycles. The molecule has 0 N–H and O–H groups in total. The number of benzene rings is 8. The van der Waals surface area contributed by atoms with Gasteiger partial charge in [0.2, 0.25) is 0 Å². The van der Waals surface area contributed by atoms with E-state index in [0.29, 0.717) is 0 Å². The minimum absolute atomic E-state index is 0.882. The lowest BCUT2D eigenvalue weighted by molar-refractivity contribution is 0.636. The van der Waals surface area contributed by atoms with E-state index >= 15 is 0 Å². The Kier molecular flexibility index (Phi) is 8.15. The van der Waals surface area contributed by atoms with Gasteiger partial charge in [0.25, 0.3) is 0 Å². The maximum Gasteiger partial charge on any atom is 0.145 e. The van der Waals surface area contributed by atoms with Crippen molar-refractivity contribution >= 4 is 32.8 Å². The normalized spacial score (nSPS) is 11.4. The van der Waals surface area contributed by atoms with Gasteiger partial charge in [0, 0.05) is 38.7 Å². The summed E-state index contributed by atoms with van der Waals surface area (Å²) < 4.78 is 9.35. The number of hydrogen-bond acceptors (Lipinski definition) is 2. The summed E-state index contributed by atoms with van der Waals surface area (Å²) >= 11 is 0. The molecule has 0 spiro atoms. The van der Waals surface area contributed by atoms with Crippen LogP contribution in [0, 0.1) is 0 Å². The topological polar surface area (TPSA) is 31.0 Å². The molecule has 0 fully saturated rings. The third kappa shape index (κ3) is 5.80. The summed E-state index contributed by atoms with van der Waals surface area (Å²) in [7, 11) is 0. The summed E-state index contributed by atoms with van der Waals surface area (Å²) in [5, 5.41) is 3.36. The first-order valence-electron chi connectivity index (χ1n) is 19.7. The first-order chi connectivity index (χ1) is 28.8. The number of nitrogens with zero attached hydrogens (tertiary/aromatic N) is 2. The van der Waals surface area contributed by atoms with Gasteiger partial charge in [0.1, 0.15) is 11.3 Å². The van der Waals surface area contributed by atoms with Crippen LogP contribution in [0.2, 0.25) is 0 Å². The molecule has 0 aliphatic rings. The Bertz CT molecular complexity index is 3220. The maximum atomic E-state index is 6.99.